The Hall–Kier alpha value is -3.70. The SMILES string of the molecule is COc1cc(C(=O)O[C@@H]2CCCOc3cc(cc(OC)c3OC)C(=O)CCCCCCCN3CCCN(CC2)CC3)cc(OC)c1OC. The highest BCUT2D eigenvalue weighted by Gasteiger charge is 2.23. The van der Waals surface area contributed by atoms with E-state index in [0.29, 0.717) is 77.9 Å². The molecule has 266 valence electrons. The second-order valence-corrected chi connectivity index (χ2v) is 12.4. The van der Waals surface area contributed by atoms with Gasteiger partial charge in [0.1, 0.15) is 6.10 Å². The van der Waals surface area contributed by atoms with Gasteiger partial charge in [-0.05, 0) is 82.4 Å². The normalized spacial score (nSPS) is 21.8. The Morgan fingerprint density at radius 1 is 0.646 bits per heavy atom. The van der Waals surface area contributed by atoms with Gasteiger partial charge in [0, 0.05) is 31.6 Å². The number of methoxy groups -OCH3 is 5. The Morgan fingerprint density at radius 3 is 1.92 bits per heavy atom. The van der Waals surface area contributed by atoms with E-state index in [1.165, 1.54) is 34.2 Å². The third kappa shape index (κ3) is 10.4. The zero-order chi connectivity index (χ0) is 34.3. The average Bonchev–Trinajstić information content (AvgIpc) is 3.34. The molecule has 2 aliphatic heterocycles. The quantitative estimate of drug-likeness (QED) is 0.322. The maximum Gasteiger partial charge on any atom is 0.338 e. The van der Waals surface area contributed by atoms with E-state index in [9.17, 15) is 9.59 Å². The summed E-state index contributed by atoms with van der Waals surface area (Å²) in [6.07, 6.45) is 8.53. The van der Waals surface area contributed by atoms with E-state index in [1.54, 1.807) is 38.5 Å². The maximum absolute atomic E-state index is 13.5. The summed E-state index contributed by atoms with van der Waals surface area (Å²) in [5.74, 6) is 2.16. The van der Waals surface area contributed by atoms with E-state index in [-0.39, 0.29) is 11.9 Å². The van der Waals surface area contributed by atoms with E-state index in [2.05, 4.69) is 9.80 Å². The van der Waals surface area contributed by atoms with Gasteiger partial charge in [-0.15, -0.1) is 0 Å². The number of Topliss-reactive ketones (excluding diaryl/α,β-unsaturated/α-hetero) is 1. The van der Waals surface area contributed by atoms with Crippen LogP contribution in [0.3, 0.4) is 0 Å². The number of ether oxygens (including phenoxy) is 7. The molecule has 3 atom stereocenters. The summed E-state index contributed by atoms with van der Waals surface area (Å²) in [4.78, 5) is 31.7. The van der Waals surface area contributed by atoms with Crippen molar-refractivity contribution in [3.8, 4) is 34.5 Å². The summed E-state index contributed by atoms with van der Waals surface area (Å²) in [5, 5.41) is 0. The lowest BCUT2D eigenvalue weighted by Crippen LogP contribution is -2.33. The molecule has 2 unspecified atom stereocenters. The molecule has 4 bridgehead atoms. The van der Waals surface area contributed by atoms with Crippen molar-refractivity contribution in [1.82, 2.24) is 9.80 Å². The Morgan fingerprint density at radius 2 is 1.25 bits per heavy atom. The molecule has 2 aromatic carbocycles. The zero-order valence-electron chi connectivity index (χ0n) is 29.5. The van der Waals surface area contributed by atoms with Crippen LogP contribution in [0.15, 0.2) is 24.3 Å². The van der Waals surface area contributed by atoms with Gasteiger partial charge in [-0.1, -0.05) is 19.3 Å². The molecule has 48 heavy (non-hydrogen) atoms. The van der Waals surface area contributed by atoms with Gasteiger partial charge in [0.05, 0.1) is 47.7 Å². The Kier molecular flexibility index (Phi) is 15.0. The van der Waals surface area contributed by atoms with Crippen molar-refractivity contribution in [3.63, 3.8) is 0 Å². The number of nitrogens with zero attached hydrogens (tertiary/aromatic N) is 2. The molecule has 1 saturated heterocycles. The molecule has 11 heteroatoms. The van der Waals surface area contributed by atoms with Crippen LogP contribution in [-0.2, 0) is 4.74 Å². The lowest BCUT2D eigenvalue weighted by atomic mass is 10.0. The molecule has 0 amide bonds. The highest BCUT2D eigenvalue weighted by molar-refractivity contribution is 5.97. The number of hydrogen-bond donors (Lipinski definition) is 0. The van der Waals surface area contributed by atoms with Crippen molar-refractivity contribution in [2.45, 2.75) is 70.3 Å². The molecular formula is C37H54N2O9. The minimum atomic E-state index is -0.457. The van der Waals surface area contributed by atoms with Crippen LogP contribution in [0.2, 0.25) is 0 Å². The zero-order valence-corrected chi connectivity index (χ0v) is 29.5. The van der Waals surface area contributed by atoms with Gasteiger partial charge in [-0.2, -0.15) is 0 Å². The number of benzene rings is 2. The summed E-state index contributed by atoms with van der Waals surface area (Å²) in [6, 6.07) is 6.70. The predicted octanol–water partition coefficient (Wildman–Crippen LogP) is 6.05. The van der Waals surface area contributed by atoms with Crippen LogP contribution in [0, 0.1) is 0 Å². The van der Waals surface area contributed by atoms with Crippen molar-refractivity contribution in [3.05, 3.63) is 35.4 Å². The van der Waals surface area contributed by atoms with Crippen molar-refractivity contribution in [2.24, 2.45) is 0 Å². The standard InChI is InChI=1S/C37H54N2O9/c1-42-31-23-27-24-34(36(31)46-5)47-22-11-13-29(48-37(41)28-25-32(43-2)35(45-4)33(26-28)44-3)15-19-39-18-12-17-38(20-21-39)16-10-8-6-7-9-14-30(27)40/h23-26,29H,6-22H2,1-5H3/t29-/m1/s1. The van der Waals surface area contributed by atoms with E-state index in [4.69, 9.17) is 33.2 Å². The fraction of sp³-hybridized carbons (Fsp3) is 0.622. The number of hydrogen-bond acceptors (Lipinski definition) is 11. The molecule has 4 rings (SSSR count). The molecule has 0 saturated carbocycles. The van der Waals surface area contributed by atoms with Crippen LogP contribution in [0.1, 0.15) is 84.9 Å². The van der Waals surface area contributed by atoms with Gasteiger partial charge in [-0.25, -0.2) is 4.79 Å². The Balaban J connectivity index is 1.53. The lowest BCUT2D eigenvalue weighted by molar-refractivity contribution is 0.0221. The monoisotopic (exact) mass is 670 g/mol. The molecule has 2 aromatic rings. The van der Waals surface area contributed by atoms with Crippen molar-refractivity contribution < 1.29 is 42.7 Å². The average molecular weight is 671 g/mol. The lowest BCUT2D eigenvalue weighted by Gasteiger charge is -2.25. The molecule has 0 spiro atoms. The first-order chi connectivity index (χ1) is 23.4. The Labute approximate surface area is 285 Å². The molecule has 0 N–H and O–H groups in total. The predicted molar refractivity (Wildman–Crippen MR) is 184 cm³/mol. The molecule has 0 aliphatic carbocycles. The van der Waals surface area contributed by atoms with Crippen molar-refractivity contribution in [2.75, 3.05) is 81.4 Å². The van der Waals surface area contributed by atoms with Crippen LogP contribution in [0.4, 0.5) is 0 Å². The number of rotatable bonds is 7. The third-order valence-corrected chi connectivity index (χ3v) is 9.20. The highest BCUT2D eigenvalue weighted by Crippen LogP contribution is 2.40. The van der Waals surface area contributed by atoms with Gasteiger partial charge >= 0.3 is 5.97 Å². The van der Waals surface area contributed by atoms with Gasteiger partial charge in [0.15, 0.2) is 28.8 Å². The summed E-state index contributed by atoms with van der Waals surface area (Å²) in [7, 11) is 7.67. The molecule has 0 aromatic heterocycles. The van der Waals surface area contributed by atoms with Crippen LogP contribution in [0.25, 0.3) is 0 Å². The molecular weight excluding hydrogens is 616 g/mol. The number of carbonyl (C=O) groups excluding carboxylic acids is 2. The maximum atomic E-state index is 13.5. The van der Waals surface area contributed by atoms with E-state index < -0.39 is 5.97 Å². The van der Waals surface area contributed by atoms with Gasteiger partial charge in [0.2, 0.25) is 11.5 Å². The summed E-state index contributed by atoms with van der Waals surface area (Å²) < 4.78 is 39.9. The van der Waals surface area contributed by atoms with E-state index in [0.717, 1.165) is 65.0 Å². The number of fused-ring (bicyclic) bond motifs is 5. The van der Waals surface area contributed by atoms with Gasteiger partial charge in [0.25, 0.3) is 0 Å². The topological polar surface area (TPSA) is 105 Å². The molecule has 11 nitrogen and oxygen atoms in total. The second-order valence-electron chi connectivity index (χ2n) is 12.4. The van der Waals surface area contributed by atoms with E-state index in [1.807, 2.05) is 0 Å². The molecule has 2 heterocycles. The van der Waals surface area contributed by atoms with E-state index >= 15 is 0 Å². The number of esters is 1. The first-order valence-electron chi connectivity index (χ1n) is 17.3. The fourth-order valence-corrected chi connectivity index (χ4v) is 6.47. The largest absolute Gasteiger partial charge is 0.493 e. The van der Waals surface area contributed by atoms with Gasteiger partial charge < -0.3 is 43.0 Å². The van der Waals surface area contributed by atoms with Crippen molar-refractivity contribution >= 4 is 11.8 Å². The first-order valence-corrected chi connectivity index (χ1v) is 17.3. The fourth-order valence-electron chi connectivity index (χ4n) is 6.47. The van der Waals surface area contributed by atoms with Crippen LogP contribution in [0.5, 0.6) is 34.5 Å². The number of ketones is 1. The first kappa shape index (κ1) is 37.1. The van der Waals surface area contributed by atoms with Crippen LogP contribution < -0.4 is 28.4 Å². The Bertz CT molecular complexity index is 1310. The molecule has 1 fully saturated rings. The minimum absolute atomic E-state index is 0.0656. The minimum Gasteiger partial charge on any atom is -0.493 e. The van der Waals surface area contributed by atoms with Crippen molar-refractivity contribution in [1.29, 1.82) is 0 Å². The molecule has 2 aliphatic rings. The summed E-state index contributed by atoms with van der Waals surface area (Å²) in [5.41, 5.74) is 0.874. The third-order valence-electron chi connectivity index (χ3n) is 9.20. The summed E-state index contributed by atoms with van der Waals surface area (Å²) in [6.45, 7) is 6.45. The number of carbonyl (C=O) groups is 2. The van der Waals surface area contributed by atoms with Crippen LogP contribution in [-0.4, -0.2) is 109 Å². The highest BCUT2D eigenvalue weighted by atomic mass is 16.6. The van der Waals surface area contributed by atoms with Crippen LogP contribution >= 0.6 is 0 Å². The van der Waals surface area contributed by atoms with Gasteiger partial charge in [-0.3, -0.25) is 4.79 Å². The smallest absolute Gasteiger partial charge is 0.338 e. The molecule has 0 radical (unpaired) electrons. The summed E-state index contributed by atoms with van der Waals surface area (Å²) >= 11 is 0. The second kappa shape index (κ2) is 19.3.